The minimum atomic E-state index is -0.517. The summed E-state index contributed by atoms with van der Waals surface area (Å²) in [6, 6.07) is 10.2. The number of furan rings is 1. The molecule has 6 heteroatoms. The summed E-state index contributed by atoms with van der Waals surface area (Å²) in [5, 5.41) is 2.57. The van der Waals surface area contributed by atoms with Crippen molar-refractivity contribution in [1.29, 1.82) is 0 Å². The van der Waals surface area contributed by atoms with Gasteiger partial charge in [0.25, 0.3) is 5.91 Å². The van der Waals surface area contributed by atoms with E-state index in [2.05, 4.69) is 5.32 Å². The number of amides is 2. The lowest BCUT2D eigenvalue weighted by Gasteiger charge is -2.16. The first-order chi connectivity index (χ1) is 10.6. The van der Waals surface area contributed by atoms with Crippen LogP contribution in [0.15, 0.2) is 47.1 Å². The highest BCUT2D eigenvalue weighted by Crippen LogP contribution is 2.13. The Hall–Kier alpha value is -2.76. The highest BCUT2D eigenvalue weighted by Gasteiger charge is 2.13. The van der Waals surface area contributed by atoms with Crippen molar-refractivity contribution in [2.24, 2.45) is 0 Å². The van der Waals surface area contributed by atoms with E-state index in [1.54, 1.807) is 55.5 Å². The third kappa shape index (κ3) is 4.12. The third-order valence-corrected chi connectivity index (χ3v) is 2.97. The van der Waals surface area contributed by atoms with Gasteiger partial charge in [-0.15, -0.1) is 0 Å². The van der Waals surface area contributed by atoms with Crippen molar-refractivity contribution in [3.05, 3.63) is 54.0 Å². The molecule has 6 nitrogen and oxygen atoms in total. The van der Waals surface area contributed by atoms with Crippen molar-refractivity contribution in [3.63, 3.8) is 0 Å². The van der Waals surface area contributed by atoms with Crippen LogP contribution < -0.4 is 5.32 Å². The van der Waals surface area contributed by atoms with Crippen molar-refractivity contribution in [1.82, 2.24) is 4.90 Å². The van der Waals surface area contributed by atoms with E-state index in [-0.39, 0.29) is 5.91 Å². The van der Waals surface area contributed by atoms with E-state index in [0.29, 0.717) is 24.4 Å². The molecule has 0 fully saturated rings. The number of hydrogen-bond donors (Lipinski definition) is 1. The molecule has 2 rings (SSSR count). The maximum atomic E-state index is 12.3. The molecule has 1 aromatic heterocycles. The fourth-order valence-electron chi connectivity index (χ4n) is 1.91. The molecule has 2 aromatic rings. The molecule has 1 heterocycles. The van der Waals surface area contributed by atoms with Crippen LogP contribution in [0.2, 0.25) is 0 Å². The molecule has 0 aliphatic rings. The molecule has 116 valence electrons. The van der Waals surface area contributed by atoms with Crippen LogP contribution in [0.4, 0.5) is 10.5 Å². The zero-order chi connectivity index (χ0) is 15.9. The molecular weight excluding hydrogens is 284 g/mol. The van der Waals surface area contributed by atoms with Gasteiger partial charge in [-0.05, 0) is 43.3 Å². The highest BCUT2D eigenvalue weighted by atomic mass is 16.5. The van der Waals surface area contributed by atoms with E-state index >= 15 is 0 Å². The lowest BCUT2D eigenvalue weighted by Crippen LogP contribution is -2.26. The molecule has 0 saturated heterocycles. The highest BCUT2D eigenvalue weighted by molar-refractivity contribution is 5.95. The number of anilines is 1. The monoisotopic (exact) mass is 302 g/mol. The van der Waals surface area contributed by atoms with Gasteiger partial charge in [0.2, 0.25) is 0 Å². The first-order valence-electron chi connectivity index (χ1n) is 6.92. The first-order valence-corrected chi connectivity index (χ1v) is 6.92. The standard InChI is InChI=1S/C16H18N2O4/c1-3-21-16(20)17-13-8-6-12(7-9-13)15(19)18(2)11-14-5-4-10-22-14/h4-10H,3,11H2,1-2H3,(H,17,20). The molecule has 0 spiro atoms. The number of nitrogens with one attached hydrogen (secondary N) is 1. The predicted molar refractivity (Wildman–Crippen MR) is 81.6 cm³/mol. The summed E-state index contributed by atoms with van der Waals surface area (Å²) in [7, 11) is 1.70. The Balaban J connectivity index is 1.97. The van der Waals surface area contributed by atoms with Gasteiger partial charge in [-0.3, -0.25) is 10.1 Å². The van der Waals surface area contributed by atoms with Gasteiger partial charge in [0.05, 0.1) is 19.4 Å². The maximum Gasteiger partial charge on any atom is 0.411 e. The summed E-state index contributed by atoms with van der Waals surface area (Å²) >= 11 is 0. The second kappa shape index (κ2) is 7.31. The van der Waals surface area contributed by atoms with Crippen LogP contribution in [0.3, 0.4) is 0 Å². The smallest absolute Gasteiger partial charge is 0.411 e. The van der Waals surface area contributed by atoms with Gasteiger partial charge in [0.15, 0.2) is 0 Å². The number of rotatable bonds is 5. The van der Waals surface area contributed by atoms with Crippen LogP contribution in [-0.2, 0) is 11.3 Å². The number of benzene rings is 1. The Bertz CT molecular complexity index is 620. The molecule has 0 atom stereocenters. The van der Waals surface area contributed by atoms with E-state index in [4.69, 9.17) is 9.15 Å². The van der Waals surface area contributed by atoms with Crippen molar-refractivity contribution in [2.75, 3.05) is 19.0 Å². The van der Waals surface area contributed by atoms with Gasteiger partial charge in [0.1, 0.15) is 5.76 Å². The summed E-state index contributed by atoms with van der Waals surface area (Å²) in [4.78, 5) is 25.1. The van der Waals surface area contributed by atoms with Crippen LogP contribution in [0.5, 0.6) is 0 Å². The minimum absolute atomic E-state index is 0.126. The number of carbonyl (C=O) groups excluding carboxylic acids is 2. The van der Waals surface area contributed by atoms with Crippen LogP contribution in [0.25, 0.3) is 0 Å². The Kier molecular flexibility index (Phi) is 5.19. The molecule has 0 unspecified atom stereocenters. The number of ether oxygens (including phenoxy) is 1. The Morgan fingerprint density at radius 1 is 1.23 bits per heavy atom. The Morgan fingerprint density at radius 3 is 2.55 bits per heavy atom. The van der Waals surface area contributed by atoms with Gasteiger partial charge < -0.3 is 14.1 Å². The van der Waals surface area contributed by atoms with E-state index in [1.165, 1.54) is 0 Å². The molecule has 0 aliphatic carbocycles. The van der Waals surface area contributed by atoms with Gasteiger partial charge >= 0.3 is 6.09 Å². The second-order valence-corrected chi connectivity index (χ2v) is 4.66. The van der Waals surface area contributed by atoms with Crippen molar-refractivity contribution in [2.45, 2.75) is 13.5 Å². The van der Waals surface area contributed by atoms with Crippen LogP contribution in [-0.4, -0.2) is 30.6 Å². The van der Waals surface area contributed by atoms with Crippen molar-refractivity contribution >= 4 is 17.7 Å². The average molecular weight is 302 g/mol. The zero-order valence-electron chi connectivity index (χ0n) is 12.5. The lowest BCUT2D eigenvalue weighted by molar-refractivity contribution is 0.0775. The summed E-state index contributed by atoms with van der Waals surface area (Å²) in [6.07, 6.45) is 1.06. The lowest BCUT2D eigenvalue weighted by atomic mass is 10.2. The SMILES string of the molecule is CCOC(=O)Nc1ccc(C(=O)N(C)Cc2ccco2)cc1. The minimum Gasteiger partial charge on any atom is -0.467 e. The Morgan fingerprint density at radius 2 is 1.95 bits per heavy atom. The summed E-state index contributed by atoms with van der Waals surface area (Å²) in [5.41, 5.74) is 1.10. The number of carbonyl (C=O) groups is 2. The third-order valence-electron chi connectivity index (χ3n) is 2.97. The number of nitrogens with zero attached hydrogens (tertiary/aromatic N) is 1. The first kappa shape index (κ1) is 15.6. The fraction of sp³-hybridized carbons (Fsp3) is 0.250. The van der Waals surface area contributed by atoms with Crippen molar-refractivity contribution < 1.29 is 18.7 Å². The summed E-state index contributed by atoms with van der Waals surface area (Å²) < 4.78 is 10.0. The van der Waals surface area contributed by atoms with Crippen LogP contribution >= 0.6 is 0 Å². The van der Waals surface area contributed by atoms with E-state index in [0.717, 1.165) is 5.76 Å². The van der Waals surface area contributed by atoms with Crippen molar-refractivity contribution in [3.8, 4) is 0 Å². The summed E-state index contributed by atoms with van der Waals surface area (Å²) in [6.45, 7) is 2.44. The molecular formula is C16H18N2O4. The molecule has 0 aliphatic heterocycles. The molecule has 0 saturated carbocycles. The molecule has 22 heavy (non-hydrogen) atoms. The van der Waals surface area contributed by atoms with Gasteiger partial charge in [-0.25, -0.2) is 4.79 Å². The molecule has 0 radical (unpaired) electrons. The molecule has 1 N–H and O–H groups in total. The zero-order valence-corrected chi connectivity index (χ0v) is 12.5. The number of hydrogen-bond acceptors (Lipinski definition) is 4. The van der Waals surface area contributed by atoms with Gasteiger partial charge in [-0.2, -0.15) is 0 Å². The fourth-order valence-corrected chi connectivity index (χ4v) is 1.91. The van der Waals surface area contributed by atoms with Gasteiger partial charge in [0, 0.05) is 18.3 Å². The van der Waals surface area contributed by atoms with Crippen LogP contribution in [0.1, 0.15) is 23.0 Å². The van der Waals surface area contributed by atoms with Crippen LogP contribution in [0, 0.1) is 0 Å². The van der Waals surface area contributed by atoms with E-state index in [1.807, 2.05) is 6.07 Å². The average Bonchev–Trinajstić information content (AvgIpc) is 3.00. The quantitative estimate of drug-likeness (QED) is 0.921. The normalized spacial score (nSPS) is 10.1. The predicted octanol–water partition coefficient (Wildman–Crippen LogP) is 3.12. The topological polar surface area (TPSA) is 71.8 Å². The molecule has 0 bridgehead atoms. The summed E-state index contributed by atoms with van der Waals surface area (Å²) in [5.74, 6) is 0.593. The van der Waals surface area contributed by atoms with E-state index < -0.39 is 6.09 Å². The van der Waals surface area contributed by atoms with E-state index in [9.17, 15) is 9.59 Å². The molecule has 2 amide bonds. The second-order valence-electron chi connectivity index (χ2n) is 4.66. The molecule has 1 aromatic carbocycles. The van der Waals surface area contributed by atoms with Gasteiger partial charge in [-0.1, -0.05) is 0 Å². The maximum absolute atomic E-state index is 12.3. The Labute approximate surface area is 128 Å². The largest absolute Gasteiger partial charge is 0.467 e.